The van der Waals surface area contributed by atoms with Gasteiger partial charge in [0.15, 0.2) is 11.7 Å². The molecule has 0 saturated carbocycles. The minimum absolute atomic E-state index is 0. The van der Waals surface area contributed by atoms with Gasteiger partial charge in [0.2, 0.25) is 0 Å². The standard InChI is InChI=1S/C17H21F3N4OS.HI/c1-11-4-5-12(8-13(11)25-3)9-23-16(21-2)22-7-6-15-24-14(10-26-15)17(18,19)20;/h4-5,8,10H,6-7,9H2,1-3H3,(H2,21,22,23);1H. The van der Waals surface area contributed by atoms with Gasteiger partial charge in [-0.2, -0.15) is 13.2 Å². The molecule has 0 aliphatic heterocycles. The minimum atomic E-state index is -4.39. The molecular formula is C17H22F3IN4OS. The average molecular weight is 514 g/mol. The third-order valence-electron chi connectivity index (χ3n) is 3.63. The Balaban J connectivity index is 0.00000364. The second-order valence-corrected chi connectivity index (χ2v) is 6.47. The Bertz CT molecular complexity index is 765. The Labute approximate surface area is 177 Å². The monoisotopic (exact) mass is 514 g/mol. The summed E-state index contributed by atoms with van der Waals surface area (Å²) in [6.45, 7) is 2.95. The highest BCUT2D eigenvalue weighted by molar-refractivity contribution is 14.0. The number of benzene rings is 1. The summed E-state index contributed by atoms with van der Waals surface area (Å²) in [5.41, 5.74) is 1.25. The number of nitrogens with zero attached hydrogens (tertiary/aromatic N) is 2. The highest BCUT2D eigenvalue weighted by Gasteiger charge is 2.33. The van der Waals surface area contributed by atoms with Gasteiger partial charge in [-0.15, -0.1) is 35.3 Å². The van der Waals surface area contributed by atoms with Gasteiger partial charge in [-0.3, -0.25) is 4.99 Å². The molecule has 0 aliphatic rings. The summed E-state index contributed by atoms with van der Waals surface area (Å²) in [5, 5.41) is 7.70. The fourth-order valence-corrected chi connectivity index (χ4v) is 3.03. The van der Waals surface area contributed by atoms with E-state index < -0.39 is 11.9 Å². The van der Waals surface area contributed by atoms with Gasteiger partial charge >= 0.3 is 6.18 Å². The molecule has 0 radical (unpaired) electrons. The maximum Gasteiger partial charge on any atom is 0.434 e. The van der Waals surface area contributed by atoms with E-state index >= 15 is 0 Å². The van der Waals surface area contributed by atoms with Crippen LogP contribution in [0.15, 0.2) is 28.6 Å². The number of aromatic nitrogens is 1. The van der Waals surface area contributed by atoms with Crippen molar-refractivity contribution in [2.75, 3.05) is 20.7 Å². The lowest BCUT2D eigenvalue weighted by Gasteiger charge is -2.12. The molecule has 10 heteroatoms. The number of ether oxygens (including phenoxy) is 1. The molecule has 0 bridgehead atoms. The molecule has 150 valence electrons. The van der Waals surface area contributed by atoms with Gasteiger partial charge in [-0.05, 0) is 24.1 Å². The number of nitrogens with one attached hydrogen (secondary N) is 2. The van der Waals surface area contributed by atoms with Crippen LogP contribution in [0.2, 0.25) is 0 Å². The lowest BCUT2D eigenvalue weighted by atomic mass is 10.1. The number of thiazole rings is 1. The maximum atomic E-state index is 12.5. The van der Waals surface area contributed by atoms with Crippen molar-refractivity contribution in [2.45, 2.75) is 26.1 Å². The number of rotatable bonds is 6. The van der Waals surface area contributed by atoms with Crippen LogP contribution in [0.3, 0.4) is 0 Å². The molecule has 0 aliphatic carbocycles. The summed E-state index contributed by atoms with van der Waals surface area (Å²) < 4.78 is 42.9. The summed E-state index contributed by atoms with van der Waals surface area (Å²) >= 11 is 1.01. The van der Waals surface area contributed by atoms with Crippen molar-refractivity contribution in [1.82, 2.24) is 15.6 Å². The first-order valence-corrected chi connectivity index (χ1v) is 8.81. The topological polar surface area (TPSA) is 58.5 Å². The van der Waals surface area contributed by atoms with Gasteiger partial charge in [0.1, 0.15) is 5.75 Å². The molecule has 0 unspecified atom stereocenters. The molecule has 1 heterocycles. The number of methoxy groups -OCH3 is 1. The molecular weight excluding hydrogens is 492 g/mol. The molecule has 2 aromatic rings. The van der Waals surface area contributed by atoms with Crippen molar-refractivity contribution >= 4 is 41.3 Å². The molecule has 0 spiro atoms. The Morgan fingerprint density at radius 3 is 2.63 bits per heavy atom. The number of aliphatic imine (C=N–C) groups is 1. The first-order valence-electron chi connectivity index (χ1n) is 7.93. The predicted octanol–water partition coefficient (Wildman–Crippen LogP) is 4.00. The third-order valence-corrected chi connectivity index (χ3v) is 4.54. The number of halogens is 4. The fourth-order valence-electron chi connectivity index (χ4n) is 2.22. The highest BCUT2D eigenvalue weighted by Crippen LogP contribution is 2.30. The first kappa shape index (κ1) is 23.5. The van der Waals surface area contributed by atoms with Crippen LogP contribution in [-0.4, -0.2) is 31.6 Å². The van der Waals surface area contributed by atoms with Crippen molar-refractivity contribution in [3.63, 3.8) is 0 Å². The average Bonchev–Trinajstić information content (AvgIpc) is 3.08. The Morgan fingerprint density at radius 1 is 1.30 bits per heavy atom. The molecule has 0 amide bonds. The van der Waals surface area contributed by atoms with E-state index in [0.29, 0.717) is 30.5 Å². The van der Waals surface area contributed by atoms with Crippen molar-refractivity contribution < 1.29 is 17.9 Å². The zero-order valence-electron chi connectivity index (χ0n) is 15.2. The molecule has 1 aromatic carbocycles. The smallest absolute Gasteiger partial charge is 0.434 e. The van der Waals surface area contributed by atoms with Crippen LogP contribution in [0.25, 0.3) is 0 Å². The van der Waals surface area contributed by atoms with E-state index in [4.69, 9.17) is 4.74 Å². The van der Waals surface area contributed by atoms with Crippen LogP contribution < -0.4 is 15.4 Å². The van der Waals surface area contributed by atoms with E-state index in [0.717, 1.165) is 33.6 Å². The van der Waals surface area contributed by atoms with Crippen LogP contribution in [0.1, 0.15) is 21.8 Å². The number of alkyl halides is 3. The number of hydrogen-bond donors (Lipinski definition) is 2. The zero-order chi connectivity index (χ0) is 19.2. The second-order valence-electron chi connectivity index (χ2n) is 5.53. The van der Waals surface area contributed by atoms with Crippen molar-refractivity contribution in [3.05, 3.63) is 45.4 Å². The van der Waals surface area contributed by atoms with E-state index in [2.05, 4.69) is 20.6 Å². The zero-order valence-corrected chi connectivity index (χ0v) is 18.3. The Morgan fingerprint density at radius 2 is 2.04 bits per heavy atom. The van der Waals surface area contributed by atoms with Crippen molar-refractivity contribution in [3.8, 4) is 5.75 Å². The fraction of sp³-hybridized carbons (Fsp3) is 0.412. The van der Waals surface area contributed by atoms with E-state index in [9.17, 15) is 13.2 Å². The molecule has 0 fully saturated rings. The molecule has 2 N–H and O–H groups in total. The van der Waals surface area contributed by atoms with Gasteiger partial charge in [-0.25, -0.2) is 4.98 Å². The largest absolute Gasteiger partial charge is 0.496 e. The van der Waals surface area contributed by atoms with Crippen LogP contribution in [0.5, 0.6) is 5.75 Å². The van der Waals surface area contributed by atoms with Gasteiger partial charge in [0.05, 0.1) is 12.1 Å². The van der Waals surface area contributed by atoms with Gasteiger partial charge in [0.25, 0.3) is 0 Å². The van der Waals surface area contributed by atoms with Gasteiger partial charge < -0.3 is 15.4 Å². The van der Waals surface area contributed by atoms with Gasteiger partial charge in [-0.1, -0.05) is 12.1 Å². The Hall–Kier alpha value is -1.56. The number of hydrogen-bond acceptors (Lipinski definition) is 4. The molecule has 2 rings (SSSR count). The van der Waals surface area contributed by atoms with E-state index in [1.165, 1.54) is 0 Å². The molecule has 1 aromatic heterocycles. The highest BCUT2D eigenvalue weighted by atomic mass is 127. The summed E-state index contributed by atoms with van der Waals surface area (Å²) in [5.74, 6) is 1.38. The van der Waals surface area contributed by atoms with Gasteiger partial charge in [0, 0.05) is 31.9 Å². The molecule has 5 nitrogen and oxygen atoms in total. The van der Waals surface area contributed by atoms with Crippen LogP contribution >= 0.6 is 35.3 Å². The van der Waals surface area contributed by atoms with Crippen LogP contribution in [-0.2, 0) is 19.1 Å². The SMILES string of the molecule is CN=C(NCCc1nc(C(F)(F)F)cs1)NCc1ccc(C)c(OC)c1.I. The molecule has 0 atom stereocenters. The predicted molar refractivity (Wildman–Crippen MR) is 112 cm³/mol. The van der Waals surface area contributed by atoms with E-state index in [1.54, 1.807) is 14.2 Å². The summed E-state index contributed by atoms with van der Waals surface area (Å²) in [4.78, 5) is 7.71. The lowest BCUT2D eigenvalue weighted by molar-refractivity contribution is -0.140. The maximum absolute atomic E-state index is 12.5. The molecule has 0 saturated heterocycles. The second kappa shape index (κ2) is 10.7. The normalized spacial score (nSPS) is 11.7. The van der Waals surface area contributed by atoms with Crippen LogP contribution in [0, 0.1) is 6.92 Å². The summed E-state index contributed by atoms with van der Waals surface area (Å²) in [6, 6.07) is 5.92. The first-order chi connectivity index (χ1) is 12.3. The summed E-state index contributed by atoms with van der Waals surface area (Å²) in [6.07, 6.45) is -4.01. The summed E-state index contributed by atoms with van der Waals surface area (Å²) in [7, 11) is 3.26. The third kappa shape index (κ3) is 7.17. The van der Waals surface area contributed by atoms with Crippen molar-refractivity contribution in [2.24, 2.45) is 4.99 Å². The van der Waals surface area contributed by atoms with Crippen molar-refractivity contribution in [1.29, 1.82) is 0 Å². The number of guanidine groups is 1. The van der Waals surface area contributed by atoms with Crippen LogP contribution in [0.4, 0.5) is 13.2 Å². The number of aryl methyl sites for hydroxylation is 1. The van der Waals surface area contributed by atoms with E-state index in [-0.39, 0.29) is 24.0 Å². The van der Waals surface area contributed by atoms with E-state index in [1.807, 2.05) is 25.1 Å². The minimum Gasteiger partial charge on any atom is -0.496 e. The quantitative estimate of drug-likeness (QED) is 0.348. The molecule has 27 heavy (non-hydrogen) atoms. The Kier molecular flexibility index (Phi) is 9.30. The lowest BCUT2D eigenvalue weighted by Crippen LogP contribution is -2.37.